The van der Waals surface area contributed by atoms with Gasteiger partial charge in [-0.1, -0.05) is 5.10 Å². The third-order valence-electron chi connectivity index (χ3n) is 2.79. The predicted octanol–water partition coefficient (Wildman–Crippen LogP) is 1.92. The first-order valence-electron chi connectivity index (χ1n) is 5.88. The second kappa shape index (κ2) is 5.59. The van der Waals surface area contributed by atoms with E-state index >= 15 is 0 Å². The highest BCUT2D eigenvalue weighted by atomic mass is 16.4. The van der Waals surface area contributed by atoms with E-state index in [-0.39, 0.29) is 12.1 Å². The summed E-state index contributed by atoms with van der Waals surface area (Å²) in [6.07, 6.45) is 3.52. The Balaban J connectivity index is 2.03. The lowest BCUT2D eigenvalue weighted by molar-refractivity contribution is 0.439. The number of pyridine rings is 1. The lowest BCUT2D eigenvalue weighted by Crippen LogP contribution is -2.12. The van der Waals surface area contributed by atoms with Crippen LogP contribution in [0.4, 0.5) is 6.01 Å². The topological polar surface area (TPSA) is 75.9 Å². The van der Waals surface area contributed by atoms with E-state index in [9.17, 15) is 0 Å². The van der Waals surface area contributed by atoms with E-state index in [0.29, 0.717) is 11.9 Å². The maximum Gasteiger partial charge on any atom is 0.315 e. The molecule has 0 amide bonds. The molecule has 6 heteroatoms. The van der Waals surface area contributed by atoms with Crippen molar-refractivity contribution in [2.45, 2.75) is 25.9 Å². The molecule has 18 heavy (non-hydrogen) atoms. The summed E-state index contributed by atoms with van der Waals surface area (Å²) in [5.74, 6) is 0.571. The van der Waals surface area contributed by atoms with E-state index in [4.69, 9.17) is 4.42 Å². The van der Waals surface area contributed by atoms with Gasteiger partial charge in [0.25, 0.3) is 0 Å². The van der Waals surface area contributed by atoms with E-state index < -0.39 is 0 Å². The van der Waals surface area contributed by atoms with Gasteiger partial charge >= 0.3 is 6.01 Å². The molecule has 0 saturated heterocycles. The molecule has 0 bridgehead atoms. The van der Waals surface area contributed by atoms with Gasteiger partial charge in [0.05, 0.1) is 12.1 Å². The molecule has 0 aliphatic rings. The third-order valence-corrected chi connectivity index (χ3v) is 2.79. The zero-order valence-corrected chi connectivity index (χ0v) is 10.7. The summed E-state index contributed by atoms with van der Waals surface area (Å²) in [6.45, 7) is 3.99. The lowest BCUT2D eigenvalue weighted by Gasteiger charge is -2.11. The number of nitrogens with one attached hydrogen (secondary N) is 2. The molecule has 96 valence electrons. The van der Waals surface area contributed by atoms with Gasteiger partial charge < -0.3 is 15.1 Å². The third kappa shape index (κ3) is 2.84. The summed E-state index contributed by atoms with van der Waals surface area (Å²) in [4.78, 5) is 3.99. The SMILES string of the molecule is CNC(C)c1nnc(NC(C)c2ccncc2)o1. The molecule has 0 fully saturated rings. The molecule has 2 N–H and O–H groups in total. The molecule has 6 nitrogen and oxygen atoms in total. The number of nitrogens with zero attached hydrogens (tertiary/aromatic N) is 3. The maximum absolute atomic E-state index is 5.52. The standard InChI is InChI=1S/C12H17N5O/c1-8(10-4-6-14-7-5-10)15-12-17-16-11(18-12)9(2)13-3/h4-9,13H,1-3H3,(H,15,17). The predicted molar refractivity (Wildman–Crippen MR) is 68.0 cm³/mol. The van der Waals surface area contributed by atoms with Crippen molar-refractivity contribution in [1.29, 1.82) is 0 Å². The van der Waals surface area contributed by atoms with Gasteiger partial charge in [0.15, 0.2) is 0 Å². The Morgan fingerprint density at radius 1 is 1.11 bits per heavy atom. The van der Waals surface area contributed by atoms with Crippen LogP contribution < -0.4 is 10.6 Å². The highest BCUT2D eigenvalue weighted by Gasteiger charge is 2.13. The molecule has 0 saturated carbocycles. The monoisotopic (exact) mass is 247 g/mol. The summed E-state index contributed by atoms with van der Waals surface area (Å²) in [5, 5.41) is 14.2. The zero-order valence-electron chi connectivity index (χ0n) is 10.7. The van der Waals surface area contributed by atoms with Crippen LogP contribution in [-0.2, 0) is 0 Å². The molecule has 2 atom stereocenters. The van der Waals surface area contributed by atoms with Crippen LogP contribution in [0.3, 0.4) is 0 Å². The highest BCUT2D eigenvalue weighted by Crippen LogP contribution is 2.19. The van der Waals surface area contributed by atoms with Gasteiger partial charge in [0.2, 0.25) is 5.89 Å². The Bertz CT molecular complexity index is 484. The molecule has 2 unspecified atom stereocenters. The van der Waals surface area contributed by atoms with E-state index in [1.807, 2.05) is 33.0 Å². The van der Waals surface area contributed by atoms with Crippen LogP contribution in [0.2, 0.25) is 0 Å². The summed E-state index contributed by atoms with van der Waals surface area (Å²) in [6, 6.07) is 4.46. The van der Waals surface area contributed by atoms with Crippen LogP contribution in [0.25, 0.3) is 0 Å². The Morgan fingerprint density at radius 2 is 1.83 bits per heavy atom. The van der Waals surface area contributed by atoms with Crippen LogP contribution >= 0.6 is 0 Å². The van der Waals surface area contributed by atoms with Crippen molar-refractivity contribution in [2.75, 3.05) is 12.4 Å². The molecule has 0 aliphatic heterocycles. The van der Waals surface area contributed by atoms with Crippen LogP contribution in [0.1, 0.15) is 37.4 Å². The number of hydrogen-bond donors (Lipinski definition) is 2. The molecule has 2 aromatic heterocycles. The molecule has 0 radical (unpaired) electrons. The molecular weight excluding hydrogens is 230 g/mol. The van der Waals surface area contributed by atoms with Crippen LogP contribution in [0.15, 0.2) is 28.9 Å². The van der Waals surface area contributed by atoms with Crippen LogP contribution in [0.5, 0.6) is 0 Å². The smallest absolute Gasteiger partial charge is 0.315 e. The molecule has 2 heterocycles. The first kappa shape index (κ1) is 12.5. The first-order valence-corrected chi connectivity index (χ1v) is 5.88. The Kier molecular flexibility index (Phi) is 3.88. The van der Waals surface area contributed by atoms with Crippen molar-refractivity contribution in [3.05, 3.63) is 36.0 Å². The fourth-order valence-corrected chi connectivity index (χ4v) is 1.51. The molecule has 0 aliphatic carbocycles. The van der Waals surface area contributed by atoms with Gasteiger partial charge in [0, 0.05) is 12.4 Å². The highest BCUT2D eigenvalue weighted by molar-refractivity contribution is 5.27. The van der Waals surface area contributed by atoms with Crippen molar-refractivity contribution >= 4 is 6.01 Å². The quantitative estimate of drug-likeness (QED) is 0.840. The minimum absolute atomic E-state index is 0.0456. The Morgan fingerprint density at radius 3 is 2.50 bits per heavy atom. The van der Waals surface area contributed by atoms with Gasteiger partial charge in [-0.3, -0.25) is 4.98 Å². The van der Waals surface area contributed by atoms with E-state index in [1.54, 1.807) is 12.4 Å². The average Bonchev–Trinajstić information content (AvgIpc) is 2.87. The zero-order chi connectivity index (χ0) is 13.0. The average molecular weight is 247 g/mol. The second-order valence-corrected chi connectivity index (χ2v) is 4.10. The summed E-state index contributed by atoms with van der Waals surface area (Å²) < 4.78 is 5.52. The number of anilines is 1. The minimum atomic E-state index is 0.0456. The number of aromatic nitrogens is 3. The van der Waals surface area contributed by atoms with Crippen molar-refractivity contribution < 1.29 is 4.42 Å². The van der Waals surface area contributed by atoms with Crippen molar-refractivity contribution in [3.8, 4) is 0 Å². The second-order valence-electron chi connectivity index (χ2n) is 4.10. The van der Waals surface area contributed by atoms with Crippen LogP contribution in [0, 0.1) is 0 Å². The normalized spacial score (nSPS) is 14.2. The van der Waals surface area contributed by atoms with Gasteiger partial charge in [-0.2, -0.15) is 0 Å². The van der Waals surface area contributed by atoms with Gasteiger partial charge in [-0.15, -0.1) is 5.10 Å². The Hall–Kier alpha value is -1.95. The maximum atomic E-state index is 5.52. The van der Waals surface area contributed by atoms with Gasteiger partial charge in [-0.25, -0.2) is 0 Å². The minimum Gasteiger partial charge on any atom is -0.406 e. The Labute approximate surface area is 106 Å². The van der Waals surface area contributed by atoms with E-state index in [2.05, 4.69) is 25.8 Å². The molecule has 2 rings (SSSR count). The fourth-order valence-electron chi connectivity index (χ4n) is 1.51. The number of hydrogen-bond acceptors (Lipinski definition) is 6. The largest absolute Gasteiger partial charge is 0.406 e. The van der Waals surface area contributed by atoms with Crippen LogP contribution in [-0.4, -0.2) is 22.2 Å². The molecule has 2 aromatic rings. The number of rotatable bonds is 5. The summed E-state index contributed by atoms with van der Waals surface area (Å²) in [5.41, 5.74) is 1.12. The molecular formula is C12H17N5O. The lowest BCUT2D eigenvalue weighted by atomic mass is 10.1. The molecule has 0 aromatic carbocycles. The fraction of sp³-hybridized carbons (Fsp3) is 0.417. The first-order chi connectivity index (χ1) is 8.70. The molecule has 0 spiro atoms. The van der Waals surface area contributed by atoms with Crippen molar-refractivity contribution in [1.82, 2.24) is 20.5 Å². The summed E-state index contributed by atoms with van der Waals surface area (Å²) >= 11 is 0. The summed E-state index contributed by atoms with van der Waals surface area (Å²) in [7, 11) is 1.85. The van der Waals surface area contributed by atoms with Crippen molar-refractivity contribution in [2.24, 2.45) is 0 Å². The van der Waals surface area contributed by atoms with Gasteiger partial charge in [0.1, 0.15) is 0 Å². The van der Waals surface area contributed by atoms with Gasteiger partial charge in [-0.05, 0) is 38.6 Å². The van der Waals surface area contributed by atoms with Crippen molar-refractivity contribution in [3.63, 3.8) is 0 Å². The van der Waals surface area contributed by atoms with E-state index in [1.165, 1.54) is 0 Å². The van der Waals surface area contributed by atoms with E-state index in [0.717, 1.165) is 5.56 Å².